The van der Waals surface area contributed by atoms with Crippen LogP contribution < -0.4 is 0 Å². The van der Waals surface area contributed by atoms with Crippen LogP contribution in [0.2, 0.25) is 0 Å². The quantitative estimate of drug-likeness (QED) is 0.244. The molecule has 0 radical (unpaired) electrons. The molecule has 0 heterocycles. The van der Waals surface area contributed by atoms with Crippen molar-refractivity contribution >= 4 is 103 Å². The summed E-state index contributed by atoms with van der Waals surface area (Å²) in [5.41, 5.74) is 0. The number of hydrogen-bond acceptors (Lipinski definition) is 4. The Kier molecular flexibility index (Phi) is 14.0. The summed E-state index contributed by atoms with van der Waals surface area (Å²) in [5.74, 6) is 0. The summed E-state index contributed by atoms with van der Waals surface area (Å²) in [7, 11) is -3.70. The highest BCUT2D eigenvalue weighted by Gasteiger charge is 2.27. The van der Waals surface area contributed by atoms with E-state index in [9.17, 15) is 4.57 Å². The molecule has 0 saturated heterocycles. The highest BCUT2D eigenvalue weighted by molar-refractivity contribution is 9.14. The van der Waals surface area contributed by atoms with Gasteiger partial charge in [-0.15, -0.1) is 0 Å². The molecule has 0 unspecified atom stereocenters. The molecule has 116 valence electrons. The van der Waals surface area contributed by atoms with Crippen molar-refractivity contribution in [1.29, 1.82) is 0 Å². The Morgan fingerprint density at radius 1 is 0.750 bits per heavy atom. The lowest BCUT2D eigenvalue weighted by atomic mass is 10.7. The molecule has 0 atom stereocenters. The van der Waals surface area contributed by atoms with E-state index in [1.807, 2.05) is 0 Å². The van der Waals surface area contributed by atoms with Gasteiger partial charge in [0.25, 0.3) is 0 Å². The maximum absolute atomic E-state index is 12.4. The van der Waals surface area contributed by atoms with E-state index >= 15 is 0 Å². The van der Waals surface area contributed by atoms with Crippen LogP contribution in [0.5, 0.6) is 0 Å². The second-order valence-electron chi connectivity index (χ2n) is 2.94. The van der Waals surface area contributed by atoms with E-state index in [2.05, 4.69) is 95.6 Å². The normalized spacial score (nSPS) is 17.2. The first-order valence-corrected chi connectivity index (χ1v) is 11.3. The Labute approximate surface area is 168 Å². The highest BCUT2D eigenvalue weighted by atomic mass is 79.9. The first-order chi connectivity index (χ1) is 9.36. The summed E-state index contributed by atoms with van der Waals surface area (Å²) in [4.78, 5) is 4.79. The van der Waals surface area contributed by atoms with Crippen LogP contribution >= 0.6 is 103 Å². The fourth-order valence-corrected chi connectivity index (χ4v) is 3.01. The average Bonchev–Trinajstić information content (AvgIpc) is 2.47. The molecule has 0 aromatic carbocycles. The first kappa shape index (κ1) is 22.2. The number of phosphoric ester groups is 1. The maximum atomic E-state index is 12.4. The van der Waals surface area contributed by atoms with Gasteiger partial charge in [0.05, 0.1) is 19.8 Å². The van der Waals surface area contributed by atoms with Gasteiger partial charge in [-0.1, -0.05) is 95.6 Å². The molecule has 0 aromatic rings. The number of phosphoric acid groups is 1. The molecule has 0 aromatic heterocycles. The van der Waals surface area contributed by atoms with Gasteiger partial charge in [0, 0.05) is 13.4 Å². The van der Waals surface area contributed by atoms with Gasteiger partial charge < -0.3 is 0 Å². The summed E-state index contributed by atoms with van der Waals surface area (Å²) in [6.45, 7) is 0.148. The topological polar surface area (TPSA) is 44.8 Å². The van der Waals surface area contributed by atoms with E-state index in [0.29, 0.717) is 13.4 Å². The molecule has 0 rings (SSSR count). The largest absolute Gasteiger partial charge is 0.475 e. The van der Waals surface area contributed by atoms with Crippen molar-refractivity contribution < 1.29 is 18.1 Å². The van der Waals surface area contributed by atoms with E-state index in [4.69, 9.17) is 13.6 Å². The van der Waals surface area contributed by atoms with E-state index in [-0.39, 0.29) is 19.8 Å². The van der Waals surface area contributed by atoms with Crippen molar-refractivity contribution in [2.75, 3.05) is 19.8 Å². The van der Waals surface area contributed by atoms with E-state index in [0.717, 1.165) is 0 Å². The molecule has 0 amide bonds. The van der Waals surface area contributed by atoms with Gasteiger partial charge in [0.2, 0.25) is 0 Å². The lowest BCUT2D eigenvalue weighted by Gasteiger charge is -2.17. The molecular weight excluding hydrogens is 682 g/mol. The van der Waals surface area contributed by atoms with Gasteiger partial charge in [0.15, 0.2) is 0 Å². The van der Waals surface area contributed by atoms with Crippen LogP contribution in [-0.2, 0) is 18.1 Å². The van der Waals surface area contributed by atoms with Gasteiger partial charge in [-0.2, -0.15) is 0 Å². The first-order valence-electron chi connectivity index (χ1n) is 4.74. The van der Waals surface area contributed by atoms with Crippen LogP contribution in [0.15, 0.2) is 28.4 Å². The Balaban J connectivity index is 4.70. The second-order valence-corrected chi connectivity index (χ2v) is 9.03. The van der Waals surface area contributed by atoms with Crippen LogP contribution in [0.1, 0.15) is 0 Å². The van der Waals surface area contributed by atoms with Gasteiger partial charge in [0.1, 0.15) is 0 Å². The minimum absolute atomic E-state index is 0.0494. The summed E-state index contributed by atoms with van der Waals surface area (Å²) in [6.07, 6.45) is 0. The molecule has 0 aliphatic carbocycles. The summed E-state index contributed by atoms with van der Waals surface area (Å²) in [5, 5.41) is 0. The monoisotopic (exact) mass is 686 g/mol. The Bertz CT molecular complexity index is 374. The molecular formula is C9H9Br6O4P. The molecule has 0 aliphatic heterocycles. The van der Waals surface area contributed by atoms with E-state index in [1.54, 1.807) is 15.0 Å². The third-order valence-corrected chi connectivity index (χ3v) is 7.65. The number of rotatable bonds is 9. The lowest BCUT2D eigenvalue weighted by molar-refractivity contribution is 0.140. The fraction of sp³-hybridized carbons (Fsp3) is 0.333. The lowest BCUT2D eigenvalue weighted by Crippen LogP contribution is -2.04. The zero-order valence-electron chi connectivity index (χ0n) is 9.70. The average molecular weight is 692 g/mol. The molecule has 0 aliphatic rings. The summed E-state index contributed by atoms with van der Waals surface area (Å²) in [6, 6.07) is 0. The van der Waals surface area contributed by atoms with Crippen molar-refractivity contribution in [3.05, 3.63) is 28.4 Å². The smallest absolute Gasteiger partial charge is 0.281 e. The Hall–Kier alpha value is 2.21. The van der Waals surface area contributed by atoms with Crippen LogP contribution in [-0.4, -0.2) is 19.8 Å². The second kappa shape index (κ2) is 12.6. The number of hydrogen-bond donors (Lipinski definition) is 0. The molecule has 0 saturated carbocycles. The third-order valence-electron chi connectivity index (χ3n) is 1.44. The van der Waals surface area contributed by atoms with Crippen LogP contribution in [0.25, 0.3) is 0 Å². The molecule has 20 heavy (non-hydrogen) atoms. The van der Waals surface area contributed by atoms with Gasteiger partial charge >= 0.3 is 7.82 Å². The van der Waals surface area contributed by atoms with Crippen molar-refractivity contribution in [1.82, 2.24) is 0 Å². The van der Waals surface area contributed by atoms with Crippen molar-refractivity contribution in [2.24, 2.45) is 0 Å². The van der Waals surface area contributed by atoms with Crippen LogP contribution in [0.3, 0.4) is 0 Å². The fourth-order valence-electron chi connectivity index (χ4n) is 0.628. The molecule has 0 bridgehead atoms. The standard InChI is InChI=1S/C9H9Br6O4P/c10-1-7(13)4-17-20(16,18-5-8(14)2-11)19-6-9(15)3-12/h1-3H,4-6H2. The van der Waals surface area contributed by atoms with Gasteiger partial charge in [-0.05, 0) is 15.0 Å². The molecule has 0 fully saturated rings. The molecule has 4 nitrogen and oxygen atoms in total. The van der Waals surface area contributed by atoms with Gasteiger partial charge in [-0.25, -0.2) is 4.57 Å². The van der Waals surface area contributed by atoms with Crippen molar-refractivity contribution in [3.8, 4) is 0 Å². The zero-order valence-corrected chi connectivity index (χ0v) is 20.1. The Morgan fingerprint density at radius 3 is 1.20 bits per heavy atom. The van der Waals surface area contributed by atoms with E-state index in [1.165, 1.54) is 0 Å². The predicted octanol–water partition coefficient (Wildman–Crippen LogP) is 7.04. The van der Waals surface area contributed by atoms with E-state index < -0.39 is 7.82 Å². The number of halogens is 6. The third kappa shape index (κ3) is 10.9. The predicted molar refractivity (Wildman–Crippen MR) is 103 cm³/mol. The Morgan fingerprint density at radius 2 is 1.00 bits per heavy atom. The highest BCUT2D eigenvalue weighted by Crippen LogP contribution is 2.51. The van der Waals surface area contributed by atoms with Crippen molar-refractivity contribution in [2.45, 2.75) is 0 Å². The summed E-state index contributed by atoms with van der Waals surface area (Å²) < 4.78 is 30.0. The SMILES string of the molecule is O=P(OCC(Br)=CBr)(OCC(Br)=CBr)OCC(Br)=CBr. The zero-order chi connectivity index (χ0) is 15.6. The van der Waals surface area contributed by atoms with Gasteiger partial charge in [-0.3, -0.25) is 13.6 Å². The molecule has 0 spiro atoms. The molecule has 0 N–H and O–H groups in total. The summed E-state index contributed by atoms with van der Waals surface area (Å²) >= 11 is 19.0. The maximum Gasteiger partial charge on any atom is 0.475 e. The van der Waals surface area contributed by atoms with Crippen molar-refractivity contribution in [3.63, 3.8) is 0 Å². The molecule has 11 heteroatoms. The van der Waals surface area contributed by atoms with Crippen LogP contribution in [0.4, 0.5) is 0 Å². The van der Waals surface area contributed by atoms with Crippen LogP contribution in [0, 0.1) is 0 Å². The minimum Gasteiger partial charge on any atom is -0.281 e. The minimum atomic E-state index is -3.70.